The molecule has 6 rings (SSSR count). The number of hydrogen-bond donors (Lipinski definition) is 0. The van der Waals surface area contributed by atoms with Gasteiger partial charge in [-0.2, -0.15) is 0 Å². The molecule has 48 heavy (non-hydrogen) atoms. The second-order valence-electron chi connectivity index (χ2n) is 12.9. The van der Waals surface area contributed by atoms with Crippen LogP contribution in [-0.4, -0.2) is 12.2 Å². The molecule has 0 saturated heterocycles. The Morgan fingerprint density at radius 3 is 1.27 bits per heavy atom. The maximum atomic E-state index is 6.44. The van der Waals surface area contributed by atoms with Crippen molar-refractivity contribution in [2.45, 2.75) is 77.1 Å². The summed E-state index contributed by atoms with van der Waals surface area (Å²) in [6.45, 7) is 13.0. The van der Waals surface area contributed by atoms with Crippen molar-refractivity contribution in [1.29, 1.82) is 0 Å². The average molecular weight is 671 g/mol. The summed E-state index contributed by atoms with van der Waals surface area (Å²) in [5.74, 6) is 1.95. The standard InChI is InChI=1S/C44H46O2S2/c1-7-43(39-27-33(23-25-41(39)45-29(3)4)37-21-13-17-31-15-9-11-19-35(31)37)47-48-44(8-2)40-28-34(24-26-42(40)46-30(5)6)38-22-14-18-32-16-10-12-20-36(32)38/h9-30,43-44H,7-8H2,1-6H3/t43-,44-/m1/s1. The second kappa shape index (κ2) is 15.6. The lowest BCUT2D eigenvalue weighted by atomic mass is 9.95. The van der Waals surface area contributed by atoms with Gasteiger partial charge in [0.2, 0.25) is 0 Å². The van der Waals surface area contributed by atoms with Crippen molar-refractivity contribution in [3.63, 3.8) is 0 Å². The first-order chi connectivity index (χ1) is 23.4. The summed E-state index contributed by atoms with van der Waals surface area (Å²) in [6, 6.07) is 44.0. The maximum Gasteiger partial charge on any atom is 0.124 e. The molecule has 0 aliphatic carbocycles. The molecule has 246 valence electrons. The highest BCUT2D eigenvalue weighted by molar-refractivity contribution is 8.76. The summed E-state index contributed by atoms with van der Waals surface area (Å²) >= 11 is 0. The lowest BCUT2D eigenvalue weighted by molar-refractivity contribution is 0.239. The summed E-state index contributed by atoms with van der Waals surface area (Å²) in [6.07, 6.45) is 2.18. The SMILES string of the molecule is CC[C@@H](SS[C@H](CC)c1cc(-c2cccc3ccccc23)ccc1OC(C)C)c1cc(-c2cccc3ccccc23)ccc1OC(C)C. The lowest BCUT2D eigenvalue weighted by Gasteiger charge is -2.25. The third-order valence-electron chi connectivity index (χ3n) is 8.67. The summed E-state index contributed by atoms with van der Waals surface area (Å²) in [5.41, 5.74) is 7.48. The zero-order chi connectivity index (χ0) is 33.6. The van der Waals surface area contributed by atoms with Gasteiger partial charge in [-0.25, -0.2) is 0 Å². The van der Waals surface area contributed by atoms with Gasteiger partial charge in [0, 0.05) is 21.6 Å². The largest absolute Gasteiger partial charge is 0.491 e. The van der Waals surface area contributed by atoms with Crippen molar-refractivity contribution >= 4 is 43.1 Å². The molecule has 0 spiro atoms. The van der Waals surface area contributed by atoms with Crippen molar-refractivity contribution < 1.29 is 9.47 Å². The van der Waals surface area contributed by atoms with Gasteiger partial charge in [0.1, 0.15) is 11.5 Å². The Morgan fingerprint density at radius 1 is 0.479 bits per heavy atom. The molecule has 0 aliphatic heterocycles. The van der Waals surface area contributed by atoms with Gasteiger partial charge < -0.3 is 9.47 Å². The minimum Gasteiger partial charge on any atom is -0.491 e. The van der Waals surface area contributed by atoms with Gasteiger partial charge in [0.25, 0.3) is 0 Å². The van der Waals surface area contributed by atoms with Crippen LogP contribution in [0.15, 0.2) is 121 Å². The summed E-state index contributed by atoms with van der Waals surface area (Å²) < 4.78 is 12.9. The number of benzene rings is 6. The predicted octanol–water partition coefficient (Wildman–Crippen LogP) is 13.9. The average Bonchev–Trinajstić information content (AvgIpc) is 3.10. The van der Waals surface area contributed by atoms with Crippen molar-refractivity contribution in [2.75, 3.05) is 0 Å². The molecule has 0 aromatic heterocycles. The second-order valence-corrected chi connectivity index (χ2v) is 15.6. The van der Waals surface area contributed by atoms with Crippen molar-refractivity contribution in [3.05, 3.63) is 132 Å². The topological polar surface area (TPSA) is 18.5 Å². The molecule has 0 unspecified atom stereocenters. The van der Waals surface area contributed by atoms with Crippen molar-refractivity contribution in [2.24, 2.45) is 0 Å². The van der Waals surface area contributed by atoms with Crippen LogP contribution in [0.1, 0.15) is 76.0 Å². The molecule has 0 saturated carbocycles. The molecule has 0 bridgehead atoms. The van der Waals surface area contributed by atoms with Crippen molar-refractivity contribution in [1.82, 2.24) is 0 Å². The molecule has 0 amide bonds. The van der Waals surface area contributed by atoms with E-state index in [0.717, 1.165) is 24.3 Å². The fourth-order valence-corrected chi connectivity index (χ4v) is 9.79. The minimum atomic E-state index is 0.0956. The van der Waals surface area contributed by atoms with Gasteiger partial charge in [0.05, 0.1) is 12.2 Å². The first kappa shape index (κ1) is 34.0. The van der Waals surface area contributed by atoms with Crippen LogP contribution in [0.2, 0.25) is 0 Å². The summed E-state index contributed by atoms with van der Waals surface area (Å²) in [7, 11) is 3.93. The third-order valence-corrected chi connectivity index (χ3v) is 12.1. The molecule has 0 aliphatic rings. The number of ether oxygens (including phenoxy) is 2. The zero-order valence-electron chi connectivity index (χ0n) is 28.9. The Morgan fingerprint density at radius 2 is 0.875 bits per heavy atom. The first-order valence-electron chi connectivity index (χ1n) is 17.3. The van der Waals surface area contributed by atoms with Crippen LogP contribution in [0.3, 0.4) is 0 Å². The fraction of sp³-hybridized carbons (Fsp3) is 0.273. The van der Waals surface area contributed by atoms with E-state index in [0.29, 0.717) is 0 Å². The van der Waals surface area contributed by atoms with Gasteiger partial charge >= 0.3 is 0 Å². The van der Waals surface area contributed by atoms with E-state index >= 15 is 0 Å². The van der Waals surface area contributed by atoms with Gasteiger partial charge in [-0.15, -0.1) is 0 Å². The predicted molar refractivity (Wildman–Crippen MR) is 212 cm³/mol. The normalized spacial score (nSPS) is 12.9. The molecule has 0 N–H and O–H groups in total. The van der Waals surface area contributed by atoms with E-state index in [2.05, 4.69) is 163 Å². The van der Waals surface area contributed by atoms with E-state index in [1.54, 1.807) is 0 Å². The van der Waals surface area contributed by atoms with Gasteiger partial charge in [0.15, 0.2) is 0 Å². The Labute approximate surface area is 294 Å². The molecule has 2 nitrogen and oxygen atoms in total. The van der Waals surface area contributed by atoms with Crippen LogP contribution >= 0.6 is 21.6 Å². The number of fused-ring (bicyclic) bond motifs is 2. The number of hydrogen-bond acceptors (Lipinski definition) is 4. The van der Waals surface area contributed by atoms with Crippen LogP contribution in [0.5, 0.6) is 11.5 Å². The quantitative estimate of drug-likeness (QED) is 0.114. The van der Waals surface area contributed by atoms with E-state index < -0.39 is 0 Å². The summed E-state index contributed by atoms with van der Waals surface area (Å²) in [5, 5.41) is 5.56. The summed E-state index contributed by atoms with van der Waals surface area (Å²) in [4.78, 5) is 0. The highest BCUT2D eigenvalue weighted by atomic mass is 33.1. The molecular weight excluding hydrogens is 625 g/mol. The monoisotopic (exact) mass is 670 g/mol. The highest BCUT2D eigenvalue weighted by Gasteiger charge is 2.24. The van der Waals surface area contributed by atoms with Gasteiger partial charge in [-0.1, -0.05) is 132 Å². The molecule has 6 aromatic carbocycles. The molecule has 6 aromatic rings. The van der Waals surface area contributed by atoms with Crippen LogP contribution in [0.4, 0.5) is 0 Å². The van der Waals surface area contributed by atoms with Crippen molar-refractivity contribution in [3.8, 4) is 33.8 Å². The van der Waals surface area contributed by atoms with Gasteiger partial charge in [-0.05, 0) is 109 Å². The van der Waals surface area contributed by atoms with Gasteiger partial charge in [-0.3, -0.25) is 0 Å². The van der Waals surface area contributed by atoms with Crippen LogP contribution in [-0.2, 0) is 0 Å². The van der Waals surface area contributed by atoms with E-state index in [1.165, 1.54) is 54.9 Å². The zero-order valence-corrected chi connectivity index (χ0v) is 30.5. The lowest BCUT2D eigenvalue weighted by Crippen LogP contribution is -2.09. The van der Waals surface area contributed by atoms with Crippen LogP contribution in [0.25, 0.3) is 43.8 Å². The van der Waals surface area contributed by atoms with E-state index in [-0.39, 0.29) is 22.7 Å². The molecule has 0 fully saturated rings. The Bertz CT molecular complexity index is 1840. The Kier molecular flexibility index (Phi) is 11.0. The molecule has 0 radical (unpaired) electrons. The van der Waals surface area contributed by atoms with E-state index in [1.807, 2.05) is 21.6 Å². The Balaban J connectivity index is 1.35. The minimum absolute atomic E-state index is 0.0956. The smallest absolute Gasteiger partial charge is 0.124 e. The van der Waals surface area contributed by atoms with Crippen LogP contribution < -0.4 is 9.47 Å². The molecular formula is C44H46O2S2. The fourth-order valence-electron chi connectivity index (χ4n) is 6.43. The van der Waals surface area contributed by atoms with E-state index in [4.69, 9.17) is 9.47 Å². The van der Waals surface area contributed by atoms with Crippen LogP contribution in [0, 0.1) is 0 Å². The molecule has 4 heteroatoms. The first-order valence-corrected chi connectivity index (χ1v) is 19.5. The third kappa shape index (κ3) is 7.56. The van der Waals surface area contributed by atoms with E-state index in [9.17, 15) is 0 Å². The maximum absolute atomic E-state index is 6.44. The molecule has 2 atom stereocenters. The highest BCUT2D eigenvalue weighted by Crippen LogP contribution is 2.53. The molecule has 0 heterocycles. The number of rotatable bonds is 13. The Hall–Kier alpha value is -3.86.